The van der Waals surface area contributed by atoms with Crippen LogP contribution < -0.4 is 10.9 Å². The Morgan fingerprint density at radius 2 is 2.21 bits per heavy atom. The van der Waals surface area contributed by atoms with Gasteiger partial charge in [-0.15, -0.1) is 0 Å². The van der Waals surface area contributed by atoms with Crippen LogP contribution >= 0.6 is 0 Å². The molecule has 0 spiro atoms. The molecule has 3 aromatic rings. The van der Waals surface area contributed by atoms with Crippen LogP contribution in [0.1, 0.15) is 47.1 Å². The lowest BCUT2D eigenvalue weighted by Gasteiger charge is -2.24. The van der Waals surface area contributed by atoms with Crippen LogP contribution in [-0.2, 0) is 6.54 Å². The first-order valence-electron chi connectivity index (χ1n) is 8.14. The number of aromatic amines is 1. The Hall–Kier alpha value is -2.89. The van der Waals surface area contributed by atoms with Gasteiger partial charge >= 0.3 is 0 Å². The Balaban J connectivity index is 1.48. The summed E-state index contributed by atoms with van der Waals surface area (Å²) in [7, 11) is 0. The third kappa shape index (κ3) is 2.82. The molecule has 2 N–H and O–H groups in total. The van der Waals surface area contributed by atoms with Crippen molar-refractivity contribution >= 4 is 11.4 Å². The minimum atomic E-state index is -0.175. The van der Waals surface area contributed by atoms with E-state index in [4.69, 9.17) is 0 Å². The van der Waals surface area contributed by atoms with E-state index < -0.39 is 0 Å². The topological polar surface area (TPSA) is 79.3 Å². The summed E-state index contributed by atoms with van der Waals surface area (Å²) in [6.45, 7) is 0.245. The fraction of sp³-hybridized carbons (Fsp3) is 0.278. The fourth-order valence-electron chi connectivity index (χ4n) is 2.95. The van der Waals surface area contributed by atoms with Crippen LogP contribution in [0.25, 0.3) is 5.52 Å². The maximum Gasteiger partial charge on any atom is 0.253 e. The molecule has 122 valence electrons. The van der Waals surface area contributed by atoms with Gasteiger partial charge in [0, 0.05) is 29.9 Å². The molecule has 0 bridgehead atoms. The summed E-state index contributed by atoms with van der Waals surface area (Å²) >= 11 is 0. The van der Waals surface area contributed by atoms with Crippen molar-refractivity contribution < 1.29 is 4.79 Å². The summed E-state index contributed by atoms with van der Waals surface area (Å²) < 4.78 is 1.90. The van der Waals surface area contributed by atoms with E-state index in [-0.39, 0.29) is 18.0 Å². The number of hydrogen-bond acceptors (Lipinski definition) is 3. The molecule has 0 saturated heterocycles. The van der Waals surface area contributed by atoms with Crippen molar-refractivity contribution in [3.63, 3.8) is 0 Å². The molecule has 4 rings (SSSR count). The van der Waals surface area contributed by atoms with Crippen molar-refractivity contribution in [1.82, 2.24) is 19.7 Å². The predicted octanol–water partition coefficient (Wildman–Crippen LogP) is 2.22. The minimum absolute atomic E-state index is 0.161. The maximum absolute atomic E-state index is 12.3. The Labute approximate surface area is 138 Å². The summed E-state index contributed by atoms with van der Waals surface area (Å²) in [6, 6.07) is 9.06. The molecule has 1 fully saturated rings. The molecule has 1 aliphatic carbocycles. The van der Waals surface area contributed by atoms with E-state index in [1.807, 2.05) is 34.9 Å². The van der Waals surface area contributed by atoms with Gasteiger partial charge in [0.1, 0.15) is 5.82 Å². The van der Waals surface area contributed by atoms with Crippen LogP contribution in [0.15, 0.2) is 47.5 Å². The largest absolute Gasteiger partial charge is 0.346 e. The second kappa shape index (κ2) is 5.96. The Morgan fingerprint density at radius 1 is 1.33 bits per heavy atom. The zero-order chi connectivity index (χ0) is 16.5. The van der Waals surface area contributed by atoms with Gasteiger partial charge in [0.05, 0.1) is 17.8 Å². The molecular weight excluding hydrogens is 304 g/mol. The summed E-state index contributed by atoms with van der Waals surface area (Å²) in [5.41, 5.74) is 1.98. The van der Waals surface area contributed by atoms with Crippen molar-refractivity contribution in [2.75, 3.05) is 0 Å². The van der Waals surface area contributed by atoms with Gasteiger partial charge in [-0.1, -0.05) is 12.5 Å². The molecule has 6 heteroatoms. The lowest BCUT2D eigenvalue weighted by atomic mass is 9.85. The number of hydrogen-bond donors (Lipinski definition) is 2. The first-order chi connectivity index (χ1) is 11.7. The molecule has 1 amide bonds. The average Bonchev–Trinajstić information content (AvgIpc) is 2.94. The molecule has 0 aliphatic heterocycles. The van der Waals surface area contributed by atoms with Gasteiger partial charge in [-0.25, -0.2) is 4.98 Å². The van der Waals surface area contributed by atoms with E-state index in [1.165, 1.54) is 12.5 Å². The van der Waals surface area contributed by atoms with E-state index in [1.54, 1.807) is 6.20 Å². The van der Waals surface area contributed by atoms with E-state index in [0.29, 0.717) is 17.2 Å². The smallest absolute Gasteiger partial charge is 0.253 e. The second-order valence-electron chi connectivity index (χ2n) is 6.19. The monoisotopic (exact) mass is 322 g/mol. The molecule has 1 saturated carbocycles. The van der Waals surface area contributed by atoms with E-state index in [2.05, 4.69) is 15.3 Å². The Morgan fingerprint density at radius 3 is 2.96 bits per heavy atom. The van der Waals surface area contributed by atoms with Gasteiger partial charge in [-0.3, -0.25) is 9.59 Å². The van der Waals surface area contributed by atoms with Gasteiger partial charge in [0.25, 0.3) is 11.5 Å². The van der Waals surface area contributed by atoms with Gasteiger partial charge in [0.15, 0.2) is 0 Å². The van der Waals surface area contributed by atoms with Crippen LogP contribution in [0.2, 0.25) is 0 Å². The molecule has 3 heterocycles. The molecule has 0 atom stereocenters. The zero-order valence-electron chi connectivity index (χ0n) is 13.2. The van der Waals surface area contributed by atoms with Crippen molar-refractivity contribution in [2.45, 2.75) is 31.7 Å². The van der Waals surface area contributed by atoms with E-state index >= 15 is 0 Å². The van der Waals surface area contributed by atoms with Crippen LogP contribution in [0, 0.1) is 0 Å². The number of H-pyrrole nitrogens is 1. The lowest BCUT2D eigenvalue weighted by molar-refractivity contribution is 0.0950. The number of carbonyl (C=O) groups excluding carboxylic acids is 1. The third-order valence-electron chi connectivity index (χ3n) is 4.50. The van der Waals surface area contributed by atoms with E-state index in [0.717, 1.165) is 24.2 Å². The number of amides is 1. The number of aromatic nitrogens is 3. The average molecular weight is 322 g/mol. The highest BCUT2D eigenvalue weighted by Crippen LogP contribution is 2.33. The molecule has 3 aromatic heterocycles. The summed E-state index contributed by atoms with van der Waals surface area (Å²) in [5.74, 6) is 0.920. The van der Waals surface area contributed by atoms with Gasteiger partial charge in [-0.2, -0.15) is 0 Å². The fourth-order valence-corrected chi connectivity index (χ4v) is 2.95. The SMILES string of the molecule is O=C(NCc1cc(=O)[nH]c(C2CCC2)n1)c1cc2ccccn2c1. The van der Waals surface area contributed by atoms with Crippen LogP contribution in [0.5, 0.6) is 0 Å². The molecule has 1 aliphatic rings. The highest BCUT2D eigenvalue weighted by molar-refractivity contribution is 5.95. The maximum atomic E-state index is 12.3. The second-order valence-corrected chi connectivity index (χ2v) is 6.19. The lowest BCUT2D eigenvalue weighted by Crippen LogP contribution is -2.26. The quantitative estimate of drug-likeness (QED) is 0.773. The normalized spacial score (nSPS) is 14.5. The first-order valence-corrected chi connectivity index (χ1v) is 8.14. The minimum Gasteiger partial charge on any atom is -0.346 e. The summed E-state index contributed by atoms with van der Waals surface area (Å²) in [6.07, 6.45) is 6.99. The Bertz CT molecular complexity index is 920. The summed E-state index contributed by atoms with van der Waals surface area (Å²) in [4.78, 5) is 31.4. The van der Waals surface area contributed by atoms with Gasteiger partial charge < -0.3 is 14.7 Å². The van der Waals surface area contributed by atoms with Crippen LogP contribution in [0.4, 0.5) is 0 Å². The molecular formula is C18H18N4O2. The van der Waals surface area contributed by atoms with E-state index in [9.17, 15) is 9.59 Å². The third-order valence-corrected chi connectivity index (χ3v) is 4.50. The van der Waals surface area contributed by atoms with Crippen molar-refractivity contribution in [2.24, 2.45) is 0 Å². The molecule has 0 radical (unpaired) electrons. The number of fused-ring (bicyclic) bond motifs is 1. The number of nitrogens with zero attached hydrogens (tertiary/aromatic N) is 2. The molecule has 6 nitrogen and oxygen atoms in total. The standard InChI is InChI=1S/C18H18N4O2/c23-16-9-14(20-17(21-16)12-4-3-5-12)10-19-18(24)13-8-15-6-1-2-7-22(15)11-13/h1-2,6-9,11-12H,3-5,10H2,(H,19,24)(H,20,21,23). The Kier molecular flexibility index (Phi) is 3.65. The predicted molar refractivity (Wildman–Crippen MR) is 90.0 cm³/mol. The number of pyridine rings is 1. The highest BCUT2D eigenvalue weighted by atomic mass is 16.1. The van der Waals surface area contributed by atoms with Crippen LogP contribution in [-0.4, -0.2) is 20.3 Å². The molecule has 0 unspecified atom stereocenters. The van der Waals surface area contributed by atoms with Gasteiger partial charge in [0.2, 0.25) is 0 Å². The first kappa shape index (κ1) is 14.7. The van der Waals surface area contributed by atoms with Crippen molar-refractivity contribution in [3.8, 4) is 0 Å². The number of rotatable bonds is 4. The van der Waals surface area contributed by atoms with Crippen molar-refractivity contribution in [1.29, 1.82) is 0 Å². The number of carbonyl (C=O) groups is 1. The molecule has 0 aromatic carbocycles. The van der Waals surface area contributed by atoms with Gasteiger partial charge in [-0.05, 0) is 31.0 Å². The highest BCUT2D eigenvalue weighted by Gasteiger charge is 2.22. The molecule has 24 heavy (non-hydrogen) atoms. The number of nitrogens with one attached hydrogen (secondary N) is 2. The summed E-state index contributed by atoms with van der Waals surface area (Å²) in [5, 5.41) is 2.84. The van der Waals surface area contributed by atoms with Crippen LogP contribution in [0.3, 0.4) is 0 Å². The van der Waals surface area contributed by atoms with Crippen molar-refractivity contribution in [3.05, 3.63) is 70.2 Å². The zero-order valence-corrected chi connectivity index (χ0v) is 13.2.